The molecule has 1 atom stereocenters. The summed E-state index contributed by atoms with van der Waals surface area (Å²) < 4.78 is 12.9. The van der Waals surface area contributed by atoms with E-state index in [1.54, 1.807) is 24.1 Å². The molecule has 2 aromatic heterocycles. The topological polar surface area (TPSA) is 111 Å². The Balaban J connectivity index is 1.37. The minimum Gasteiger partial charge on any atom is -0.496 e. The van der Waals surface area contributed by atoms with Gasteiger partial charge in [-0.15, -0.1) is 10.2 Å². The van der Waals surface area contributed by atoms with E-state index in [0.29, 0.717) is 60.8 Å². The molecule has 0 fully saturated rings. The number of nitrogens with one attached hydrogen (secondary N) is 1. The van der Waals surface area contributed by atoms with Crippen LogP contribution < -0.4 is 10.1 Å². The second kappa shape index (κ2) is 9.96. The van der Waals surface area contributed by atoms with Crippen LogP contribution in [0.2, 0.25) is 0 Å². The Morgan fingerprint density at radius 2 is 2.03 bits per heavy atom. The van der Waals surface area contributed by atoms with Gasteiger partial charge in [-0.3, -0.25) is 4.79 Å². The Kier molecular flexibility index (Phi) is 6.58. The van der Waals surface area contributed by atoms with Crippen LogP contribution >= 0.6 is 0 Å². The number of carbonyl (C=O) groups excluding carboxylic acids is 2. The predicted molar refractivity (Wildman–Crippen MR) is 133 cm³/mol. The summed E-state index contributed by atoms with van der Waals surface area (Å²) in [5.74, 6) is 2.20. The van der Waals surface area contributed by atoms with Crippen molar-refractivity contribution in [2.75, 3.05) is 25.6 Å². The van der Waals surface area contributed by atoms with Crippen LogP contribution in [0.5, 0.6) is 5.75 Å². The van der Waals surface area contributed by atoms with E-state index in [1.807, 2.05) is 25.1 Å². The number of ether oxygens (including phenoxy) is 2. The van der Waals surface area contributed by atoms with E-state index in [1.165, 1.54) is 0 Å². The monoisotopic (exact) mass is 490 g/mol. The number of carbonyl (C=O) groups is 2. The fourth-order valence-corrected chi connectivity index (χ4v) is 4.78. The van der Waals surface area contributed by atoms with Gasteiger partial charge < -0.3 is 24.3 Å². The fourth-order valence-electron chi connectivity index (χ4n) is 4.78. The number of rotatable bonds is 6. The number of anilines is 1. The summed E-state index contributed by atoms with van der Waals surface area (Å²) in [6.07, 6.45) is 3.03. The fraction of sp³-hybridized carbons (Fsp3) is 0.423. The van der Waals surface area contributed by atoms with Crippen LogP contribution in [0.15, 0.2) is 30.3 Å². The summed E-state index contributed by atoms with van der Waals surface area (Å²) in [5, 5.41) is 11.5. The van der Waals surface area contributed by atoms with Crippen molar-refractivity contribution in [1.29, 1.82) is 0 Å². The highest BCUT2D eigenvalue weighted by Crippen LogP contribution is 2.31. The quantitative estimate of drug-likeness (QED) is 0.556. The van der Waals surface area contributed by atoms with Crippen molar-refractivity contribution in [2.24, 2.45) is 0 Å². The molecule has 0 aliphatic carbocycles. The average Bonchev–Trinajstić information content (AvgIpc) is 3.49. The average molecular weight is 491 g/mol. The smallest absolute Gasteiger partial charge is 0.410 e. The standard InChI is InChI=1S/C26H30N6O4/c1-4-12-36-26(34)31-11-10-17-14-21(35-3)19(13-18(17)15-31)25(33)28-22-7-5-6-20(27-22)24-30-29-23-9-8-16(2)32(23)24/h5-7,13-14,16H,4,8-12,15H2,1-3H3,(H,27,28,33)/t16-/m1/s1. The molecule has 2 aliphatic heterocycles. The first-order valence-corrected chi connectivity index (χ1v) is 12.3. The van der Waals surface area contributed by atoms with E-state index in [2.05, 4.69) is 32.0 Å². The van der Waals surface area contributed by atoms with Crippen LogP contribution in [0, 0.1) is 0 Å². The van der Waals surface area contributed by atoms with Crippen molar-refractivity contribution in [3.8, 4) is 17.3 Å². The summed E-state index contributed by atoms with van der Waals surface area (Å²) in [6, 6.07) is 9.42. The molecule has 188 valence electrons. The molecule has 2 amide bonds. The maximum atomic E-state index is 13.3. The SMILES string of the molecule is CCCOC(=O)N1CCc2cc(OC)c(C(=O)Nc3cccc(-c4nnc5n4[C@H](C)CC5)n3)cc2C1. The molecule has 2 aliphatic rings. The van der Waals surface area contributed by atoms with E-state index < -0.39 is 0 Å². The minimum atomic E-state index is -0.343. The number of hydrogen-bond acceptors (Lipinski definition) is 7. The largest absolute Gasteiger partial charge is 0.496 e. The Morgan fingerprint density at radius 1 is 1.17 bits per heavy atom. The molecular weight excluding hydrogens is 460 g/mol. The van der Waals surface area contributed by atoms with E-state index in [9.17, 15) is 9.59 Å². The number of nitrogens with zero attached hydrogens (tertiary/aromatic N) is 5. The predicted octanol–water partition coefficient (Wildman–Crippen LogP) is 4.01. The van der Waals surface area contributed by atoms with Crippen LogP contribution in [0.4, 0.5) is 10.6 Å². The third-order valence-corrected chi connectivity index (χ3v) is 6.68. The summed E-state index contributed by atoms with van der Waals surface area (Å²) in [7, 11) is 1.54. The number of aromatic nitrogens is 4. The van der Waals surface area contributed by atoms with Crippen molar-refractivity contribution in [1.82, 2.24) is 24.6 Å². The molecule has 4 heterocycles. The van der Waals surface area contributed by atoms with Gasteiger partial charge in [-0.2, -0.15) is 0 Å². The molecule has 0 unspecified atom stereocenters. The van der Waals surface area contributed by atoms with E-state index in [4.69, 9.17) is 9.47 Å². The Labute approximate surface area is 209 Å². The van der Waals surface area contributed by atoms with Crippen LogP contribution in [-0.4, -0.2) is 56.9 Å². The van der Waals surface area contributed by atoms with Gasteiger partial charge in [-0.1, -0.05) is 13.0 Å². The summed E-state index contributed by atoms with van der Waals surface area (Å²) in [4.78, 5) is 32.0. The van der Waals surface area contributed by atoms with E-state index >= 15 is 0 Å². The molecule has 10 nitrogen and oxygen atoms in total. The molecule has 1 aromatic carbocycles. The van der Waals surface area contributed by atoms with Crippen LogP contribution in [0.3, 0.4) is 0 Å². The zero-order valence-electron chi connectivity index (χ0n) is 20.8. The molecular formula is C26H30N6O4. The van der Waals surface area contributed by atoms with Crippen molar-refractivity contribution in [3.05, 3.63) is 52.8 Å². The molecule has 0 radical (unpaired) electrons. The number of methoxy groups -OCH3 is 1. The number of fused-ring (bicyclic) bond motifs is 2. The molecule has 36 heavy (non-hydrogen) atoms. The van der Waals surface area contributed by atoms with Gasteiger partial charge in [0, 0.05) is 25.6 Å². The maximum absolute atomic E-state index is 13.3. The molecule has 3 aromatic rings. The Bertz CT molecular complexity index is 1300. The molecule has 0 saturated carbocycles. The van der Waals surface area contributed by atoms with Gasteiger partial charge in [0.25, 0.3) is 5.91 Å². The highest BCUT2D eigenvalue weighted by molar-refractivity contribution is 6.06. The molecule has 0 spiro atoms. The zero-order chi connectivity index (χ0) is 25.2. The third kappa shape index (κ3) is 4.50. The highest BCUT2D eigenvalue weighted by atomic mass is 16.6. The first-order valence-electron chi connectivity index (χ1n) is 12.3. The second-order valence-electron chi connectivity index (χ2n) is 9.17. The first kappa shape index (κ1) is 23.8. The first-order chi connectivity index (χ1) is 17.5. The van der Waals surface area contributed by atoms with Gasteiger partial charge in [0.1, 0.15) is 23.1 Å². The number of pyridine rings is 1. The summed E-state index contributed by atoms with van der Waals surface area (Å²) in [6.45, 7) is 5.43. The van der Waals surface area contributed by atoms with Gasteiger partial charge >= 0.3 is 6.09 Å². The van der Waals surface area contributed by atoms with Crippen LogP contribution in [0.25, 0.3) is 11.5 Å². The molecule has 10 heteroatoms. The van der Waals surface area contributed by atoms with Gasteiger partial charge in [0.15, 0.2) is 5.82 Å². The zero-order valence-corrected chi connectivity index (χ0v) is 20.8. The van der Waals surface area contributed by atoms with Crippen LogP contribution in [-0.2, 0) is 24.1 Å². The molecule has 0 bridgehead atoms. The minimum absolute atomic E-state index is 0.309. The second-order valence-corrected chi connectivity index (χ2v) is 9.17. The highest BCUT2D eigenvalue weighted by Gasteiger charge is 2.27. The molecule has 5 rings (SSSR count). The van der Waals surface area contributed by atoms with Gasteiger partial charge in [-0.05, 0) is 61.6 Å². The van der Waals surface area contributed by atoms with E-state index in [-0.39, 0.29) is 12.0 Å². The summed E-state index contributed by atoms with van der Waals surface area (Å²) in [5.41, 5.74) is 2.98. The lowest BCUT2D eigenvalue weighted by molar-refractivity contribution is 0.0978. The summed E-state index contributed by atoms with van der Waals surface area (Å²) >= 11 is 0. The van der Waals surface area contributed by atoms with Crippen molar-refractivity contribution in [3.63, 3.8) is 0 Å². The van der Waals surface area contributed by atoms with Crippen molar-refractivity contribution >= 4 is 17.8 Å². The maximum Gasteiger partial charge on any atom is 0.410 e. The lowest BCUT2D eigenvalue weighted by Gasteiger charge is -2.29. The number of aryl methyl sites for hydroxylation is 1. The number of amides is 2. The van der Waals surface area contributed by atoms with E-state index in [0.717, 1.165) is 36.2 Å². The van der Waals surface area contributed by atoms with Crippen LogP contribution in [0.1, 0.15) is 60.0 Å². The number of benzene rings is 1. The molecule has 0 saturated heterocycles. The van der Waals surface area contributed by atoms with Crippen molar-refractivity contribution < 1.29 is 19.1 Å². The Hall–Kier alpha value is -3.95. The van der Waals surface area contributed by atoms with Gasteiger partial charge in [0.2, 0.25) is 0 Å². The molecule has 1 N–H and O–H groups in total. The Morgan fingerprint density at radius 3 is 2.83 bits per heavy atom. The van der Waals surface area contributed by atoms with Gasteiger partial charge in [0.05, 0.1) is 19.3 Å². The third-order valence-electron chi connectivity index (χ3n) is 6.68. The lowest BCUT2D eigenvalue weighted by atomic mass is 9.96. The number of hydrogen-bond donors (Lipinski definition) is 1. The van der Waals surface area contributed by atoms with Gasteiger partial charge in [-0.25, -0.2) is 9.78 Å². The normalized spacial score (nSPS) is 16.3. The lowest BCUT2D eigenvalue weighted by Crippen LogP contribution is -2.36. The van der Waals surface area contributed by atoms with Crippen molar-refractivity contribution in [2.45, 2.75) is 52.1 Å².